The van der Waals surface area contributed by atoms with E-state index in [0.29, 0.717) is 11.3 Å². The van der Waals surface area contributed by atoms with Gasteiger partial charge in [-0.15, -0.1) is 11.3 Å². The number of aromatic nitrogens is 1. The van der Waals surface area contributed by atoms with Gasteiger partial charge in [0, 0.05) is 10.9 Å². The van der Waals surface area contributed by atoms with Crippen LogP contribution in [0.4, 0.5) is 0 Å². The number of rotatable bonds is 4. The molecule has 1 aromatic carbocycles. The molecule has 1 aromatic heterocycles. The Morgan fingerprint density at radius 2 is 2.05 bits per heavy atom. The molecule has 0 fully saturated rings. The van der Waals surface area contributed by atoms with Crippen molar-refractivity contribution in [2.45, 2.75) is 11.4 Å². The van der Waals surface area contributed by atoms with Crippen LogP contribution in [-0.4, -0.2) is 25.1 Å². The second kappa shape index (κ2) is 6.63. The maximum Gasteiger partial charge on any atom is 0.240 e. The number of hydrogen-bond donors (Lipinski definition) is 2. The van der Waals surface area contributed by atoms with Crippen LogP contribution in [0.25, 0.3) is 0 Å². The molecule has 0 atom stereocenters. The Morgan fingerprint density at radius 3 is 2.65 bits per heavy atom. The standard InChI is InChI=1S/C13H12N2O3S2/c16-7-1-2-11-3-5-13(6-4-11)20(17,18)15-8-12-9-19-10-14-12/h3-6,9-10,15-16H,7-8H2. The predicted molar refractivity (Wildman–Crippen MR) is 76.5 cm³/mol. The molecule has 2 N–H and O–H groups in total. The fourth-order valence-corrected chi connectivity index (χ4v) is 2.99. The SMILES string of the molecule is O=S(=O)(NCc1cscn1)c1ccc(C#CCO)cc1. The zero-order chi connectivity index (χ0) is 14.4. The summed E-state index contributed by atoms with van der Waals surface area (Å²) in [6.07, 6.45) is 0. The summed E-state index contributed by atoms with van der Waals surface area (Å²) in [6, 6.07) is 6.15. The van der Waals surface area contributed by atoms with Gasteiger partial charge in [0.25, 0.3) is 0 Å². The molecule has 0 bridgehead atoms. The summed E-state index contributed by atoms with van der Waals surface area (Å²) < 4.78 is 26.6. The maximum atomic E-state index is 12.0. The van der Waals surface area contributed by atoms with Crippen molar-refractivity contribution in [2.24, 2.45) is 0 Å². The van der Waals surface area contributed by atoms with Crippen LogP contribution in [0, 0.1) is 11.8 Å². The highest BCUT2D eigenvalue weighted by molar-refractivity contribution is 7.89. The number of sulfonamides is 1. The first-order valence-corrected chi connectivity index (χ1v) is 8.11. The molecule has 0 saturated carbocycles. The molecule has 20 heavy (non-hydrogen) atoms. The Bertz CT molecular complexity index is 711. The van der Waals surface area contributed by atoms with E-state index in [1.807, 2.05) is 0 Å². The Morgan fingerprint density at radius 1 is 1.30 bits per heavy atom. The average Bonchev–Trinajstić information content (AvgIpc) is 2.97. The molecular weight excluding hydrogens is 296 g/mol. The van der Waals surface area contributed by atoms with Crippen LogP contribution in [-0.2, 0) is 16.6 Å². The van der Waals surface area contributed by atoms with E-state index in [4.69, 9.17) is 5.11 Å². The fraction of sp³-hybridized carbons (Fsp3) is 0.154. The third kappa shape index (κ3) is 3.88. The molecular formula is C13H12N2O3S2. The molecule has 0 unspecified atom stereocenters. The predicted octanol–water partition coefficient (Wildman–Crippen LogP) is 0.965. The van der Waals surface area contributed by atoms with E-state index in [1.54, 1.807) is 23.0 Å². The molecule has 0 aliphatic carbocycles. The number of aliphatic hydroxyl groups excluding tert-OH is 1. The van der Waals surface area contributed by atoms with Crippen molar-refractivity contribution in [3.05, 3.63) is 46.4 Å². The normalized spacial score (nSPS) is 10.8. The third-order valence-corrected chi connectivity index (χ3v) is 4.46. The van der Waals surface area contributed by atoms with Crippen LogP contribution in [0.15, 0.2) is 40.1 Å². The van der Waals surface area contributed by atoms with E-state index < -0.39 is 10.0 Å². The first kappa shape index (κ1) is 14.7. The highest BCUT2D eigenvalue weighted by Crippen LogP contribution is 2.11. The van der Waals surface area contributed by atoms with Gasteiger partial charge in [-0.2, -0.15) is 0 Å². The van der Waals surface area contributed by atoms with Gasteiger partial charge in [-0.3, -0.25) is 0 Å². The lowest BCUT2D eigenvalue weighted by molar-refractivity contribution is 0.350. The van der Waals surface area contributed by atoms with Gasteiger partial charge in [0.1, 0.15) is 6.61 Å². The lowest BCUT2D eigenvalue weighted by atomic mass is 10.2. The minimum absolute atomic E-state index is 0.165. The second-order valence-electron chi connectivity index (χ2n) is 3.79. The van der Waals surface area contributed by atoms with E-state index in [2.05, 4.69) is 21.5 Å². The Labute approximate surface area is 121 Å². The van der Waals surface area contributed by atoms with Crippen molar-refractivity contribution < 1.29 is 13.5 Å². The molecule has 104 valence electrons. The maximum absolute atomic E-state index is 12.0. The molecule has 2 aromatic rings. The largest absolute Gasteiger partial charge is 0.384 e. The van der Waals surface area contributed by atoms with Crippen LogP contribution >= 0.6 is 11.3 Å². The number of thiazole rings is 1. The smallest absolute Gasteiger partial charge is 0.240 e. The van der Waals surface area contributed by atoms with Gasteiger partial charge >= 0.3 is 0 Å². The number of benzene rings is 1. The molecule has 0 aliphatic rings. The van der Waals surface area contributed by atoms with Gasteiger partial charge in [0.05, 0.1) is 22.6 Å². The number of nitrogens with one attached hydrogen (secondary N) is 1. The van der Waals surface area contributed by atoms with Crippen molar-refractivity contribution in [1.29, 1.82) is 0 Å². The van der Waals surface area contributed by atoms with Gasteiger partial charge < -0.3 is 5.11 Å². The minimum atomic E-state index is -3.56. The van der Waals surface area contributed by atoms with Gasteiger partial charge in [-0.25, -0.2) is 18.1 Å². The molecule has 0 radical (unpaired) electrons. The second-order valence-corrected chi connectivity index (χ2v) is 6.27. The van der Waals surface area contributed by atoms with E-state index in [0.717, 1.165) is 0 Å². The van der Waals surface area contributed by atoms with Gasteiger partial charge in [-0.1, -0.05) is 11.8 Å². The summed E-state index contributed by atoms with van der Waals surface area (Å²) in [7, 11) is -3.56. The minimum Gasteiger partial charge on any atom is -0.384 e. The molecule has 1 heterocycles. The molecule has 0 amide bonds. The third-order valence-electron chi connectivity index (χ3n) is 2.40. The van der Waals surface area contributed by atoms with E-state index in [9.17, 15) is 8.42 Å². The van der Waals surface area contributed by atoms with Crippen LogP contribution < -0.4 is 4.72 Å². The van der Waals surface area contributed by atoms with Crippen molar-refractivity contribution in [1.82, 2.24) is 9.71 Å². The summed E-state index contributed by atoms with van der Waals surface area (Å²) in [6.45, 7) is -0.0624. The summed E-state index contributed by atoms with van der Waals surface area (Å²) in [5.41, 5.74) is 2.99. The van der Waals surface area contributed by atoms with Crippen molar-refractivity contribution >= 4 is 21.4 Å². The molecule has 5 nitrogen and oxygen atoms in total. The van der Waals surface area contributed by atoms with Crippen LogP contribution in [0.5, 0.6) is 0 Å². The first-order valence-electron chi connectivity index (χ1n) is 5.68. The molecule has 0 aliphatic heterocycles. The van der Waals surface area contributed by atoms with Gasteiger partial charge in [0.15, 0.2) is 0 Å². The van der Waals surface area contributed by atoms with Crippen molar-refractivity contribution in [3.8, 4) is 11.8 Å². The topological polar surface area (TPSA) is 79.3 Å². The quantitative estimate of drug-likeness (QED) is 0.825. The highest BCUT2D eigenvalue weighted by atomic mass is 32.2. The van der Waals surface area contributed by atoms with E-state index in [-0.39, 0.29) is 18.0 Å². The Balaban J connectivity index is 2.09. The lowest BCUT2D eigenvalue weighted by Gasteiger charge is -2.05. The number of nitrogens with zero attached hydrogens (tertiary/aromatic N) is 1. The number of aliphatic hydroxyl groups is 1. The van der Waals surface area contributed by atoms with Crippen molar-refractivity contribution in [2.75, 3.05) is 6.61 Å². The molecule has 7 heteroatoms. The zero-order valence-corrected chi connectivity index (χ0v) is 12.0. The van der Waals surface area contributed by atoms with Crippen LogP contribution in [0.2, 0.25) is 0 Å². The summed E-state index contributed by atoms with van der Waals surface area (Å²) in [5.74, 6) is 5.20. The average molecular weight is 308 g/mol. The summed E-state index contributed by atoms with van der Waals surface area (Å²) in [5, 5.41) is 10.4. The number of hydrogen-bond acceptors (Lipinski definition) is 5. The molecule has 0 spiro atoms. The fourth-order valence-electron chi connectivity index (χ4n) is 1.44. The molecule has 0 saturated heterocycles. The van der Waals surface area contributed by atoms with Crippen LogP contribution in [0.3, 0.4) is 0 Å². The first-order chi connectivity index (χ1) is 9.62. The lowest BCUT2D eigenvalue weighted by Crippen LogP contribution is -2.23. The van der Waals surface area contributed by atoms with Gasteiger partial charge in [0.2, 0.25) is 10.0 Å². The van der Waals surface area contributed by atoms with E-state index >= 15 is 0 Å². The zero-order valence-electron chi connectivity index (χ0n) is 10.4. The van der Waals surface area contributed by atoms with Crippen LogP contribution in [0.1, 0.15) is 11.3 Å². The molecule has 2 rings (SSSR count). The van der Waals surface area contributed by atoms with Crippen molar-refractivity contribution in [3.63, 3.8) is 0 Å². The van der Waals surface area contributed by atoms with E-state index in [1.165, 1.54) is 23.5 Å². The Kier molecular flexibility index (Phi) is 4.87. The monoisotopic (exact) mass is 308 g/mol. The van der Waals surface area contributed by atoms with Gasteiger partial charge in [-0.05, 0) is 24.3 Å². The summed E-state index contributed by atoms with van der Waals surface area (Å²) >= 11 is 1.41. The summed E-state index contributed by atoms with van der Waals surface area (Å²) in [4.78, 5) is 4.18. The highest BCUT2D eigenvalue weighted by Gasteiger charge is 2.13. The Hall–Kier alpha value is -1.72.